The molecule has 2 aliphatic carbocycles. The molecule has 5 aromatic rings. The van der Waals surface area contributed by atoms with E-state index in [9.17, 15) is 0 Å². The van der Waals surface area contributed by atoms with Crippen molar-refractivity contribution in [2.45, 2.75) is 23.7 Å². The summed E-state index contributed by atoms with van der Waals surface area (Å²) in [4.78, 5) is 35.5. The zero-order valence-electron chi connectivity index (χ0n) is 22.4. The van der Waals surface area contributed by atoms with Gasteiger partial charge in [-0.2, -0.15) is 0 Å². The van der Waals surface area contributed by atoms with Gasteiger partial charge in [0, 0.05) is 52.8 Å². The Bertz CT molecular complexity index is 2070. The third-order valence-electron chi connectivity index (χ3n) is 8.47. The van der Waals surface area contributed by atoms with E-state index in [4.69, 9.17) is 34.9 Å². The fourth-order valence-corrected chi connectivity index (χ4v) is 6.44. The van der Waals surface area contributed by atoms with E-state index in [0.29, 0.717) is 22.9 Å². The van der Waals surface area contributed by atoms with Gasteiger partial charge >= 0.3 is 17.1 Å². The Kier molecular flexibility index (Phi) is 5.61. The Morgan fingerprint density at radius 1 is 0.500 bits per heavy atom. The van der Waals surface area contributed by atoms with E-state index in [0.717, 1.165) is 44.5 Å². The van der Waals surface area contributed by atoms with Gasteiger partial charge in [0.1, 0.15) is 22.9 Å². The maximum absolute atomic E-state index is 5.19. The molecule has 42 heavy (non-hydrogen) atoms. The molecule has 0 N–H and O–H groups in total. The summed E-state index contributed by atoms with van der Waals surface area (Å²) in [6.45, 7) is 0. The minimum atomic E-state index is -0.0168. The zero-order chi connectivity index (χ0) is 27.1. The van der Waals surface area contributed by atoms with E-state index in [2.05, 4.69) is 65.3 Å². The van der Waals surface area contributed by atoms with Crippen LogP contribution < -0.4 is 4.98 Å². The van der Waals surface area contributed by atoms with Gasteiger partial charge < -0.3 is 19.5 Å². The summed E-state index contributed by atoms with van der Waals surface area (Å²) in [5.41, 5.74) is 2.86. The number of hydrogen-bond acceptors (Lipinski definition) is 6. The molecule has 8 nitrogen and oxygen atoms in total. The number of benzene rings is 2. The predicted molar refractivity (Wildman–Crippen MR) is 158 cm³/mol. The van der Waals surface area contributed by atoms with Gasteiger partial charge in [-0.15, -0.1) is 0 Å². The van der Waals surface area contributed by atoms with Gasteiger partial charge in [0.25, 0.3) is 0 Å². The second-order valence-electron chi connectivity index (χ2n) is 10.8. The van der Waals surface area contributed by atoms with Crippen molar-refractivity contribution in [3.05, 3.63) is 120 Å². The SMILES string of the molecule is Cn1c2nc3nc(nc4[n-]c(nc5nc(nc1c1ccccc12)C1C=CC=CC51)c1ccccc41)C1C=CC=CC31.[Cu+]. The van der Waals surface area contributed by atoms with Crippen molar-refractivity contribution in [3.8, 4) is 0 Å². The van der Waals surface area contributed by atoms with Gasteiger partial charge in [0.15, 0.2) is 0 Å². The van der Waals surface area contributed by atoms with E-state index in [1.54, 1.807) is 0 Å². The van der Waals surface area contributed by atoms with Crippen molar-refractivity contribution < 1.29 is 17.1 Å². The molecule has 0 fully saturated rings. The molecule has 8 bridgehead atoms. The Balaban J connectivity index is 0.00000267. The monoisotopic (exact) mass is 594 g/mol. The van der Waals surface area contributed by atoms with Crippen molar-refractivity contribution in [2.24, 2.45) is 7.05 Å². The topological polar surface area (TPSA) is 96.4 Å². The third-order valence-corrected chi connectivity index (χ3v) is 8.47. The first kappa shape index (κ1) is 25.0. The fraction of sp³-hybridized carbons (Fsp3) is 0.152. The molecule has 9 rings (SSSR count). The van der Waals surface area contributed by atoms with Crippen molar-refractivity contribution in [2.75, 3.05) is 0 Å². The van der Waals surface area contributed by atoms with Crippen LogP contribution in [0.25, 0.3) is 44.1 Å². The number of aromatic nitrogens is 8. The summed E-state index contributed by atoms with van der Waals surface area (Å²) >= 11 is 0. The average molecular weight is 595 g/mol. The maximum atomic E-state index is 5.19. The molecule has 0 radical (unpaired) electrons. The number of hydrogen-bond donors (Lipinski definition) is 0. The Hall–Kier alpha value is -4.72. The van der Waals surface area contributed by atoms with Crippen molar-refractivity contribution >= 4 is 44.1 Å². The standard InChI is InChI=1S/C33H23N8.Cu/c1-41-32-24-16-8-9-17-25(24)33(41)40-31-23-15-7-5-13-21(23)29(38-31)36-27-19-11-3-2-10-18(19)26(34-27)35-28-20-12-4-6-14-22(20)30(37-28)39-32;/h2-17,20-23H,1H3;/q-1;+1. The summed E-state index contributed by atoms with van der Waals surface area (Å²) < 4.78 is 2.05. The number of nitrogens with zero attached hydrogens (tertiary/aromatic N) is 8. The van der Waals surface area contributed by atoms with Gasteiger partial charge in [0.05, 0.1) is 11.6 Å². The third kappa shape index (κ3) is 3.60. The number of aryl methyl sites for hydroxylation is 1. The fourth-order valence-electron chi connectivity index (χ4n) is 6.44. The van der Waals surface area contributed by atoms with Crippen LogP contribution in [0.4, 0.5) is 0 Å². The summed E-state index contributed by atoms with van der Waals surface area (Å²) in [7, 11) is 2.01. The first-order valence-electron chi connectivity index (χ1n) is 13.8. The molecule has 4 unspecified atom stereocenters. The van der Waals surface area contributed by atoms with Gasteiger partial charge in [-0.25, -0.2) is 19.9 Å². The second-order valence-corrected chi connectivity index (χ2v) is 10.8. The minimum Gasteiger partial charge on any atom is -0.357 e. The molecule has 4 atom stereocenters. The number of rotatable bonds is 0. The predicted octanol–water partition coefficient (Wildman–Crippen LogP) is 5.83. The van der Waals surface area contributed by atoms with Crippen LogP contribution in [0.3, 0.4) is 0 Å². The van der Waals surface area contributed by atoms with Gasteiger partial charge in [0.2, 0.25) is 0 Å². The van der Waals surface area contributed by atoms with Crippen LogP contribution in [-0.4, -0.2) is 34.5 Å². The first-order chi connectivity index (χ1) is 20.2. The van der Waals surface area contributed by atoms with Crippen LogP contribution in [0.1, 0.15) is 47.0 Å². The molecule has 206 valence electrons. The van der Waals surface area contributed by atoms with E-state index < -0.39 is 0 Å². The molecular formula is C33H23CuN8. The quantitative estimate of drug-likeness (QED) is 0.208. The number of fused-ring (bicyclic) bond motifs is 20. The minimum absolute atomic E-state index is 0. The Morgan fingerprint density at radius 3 is 1.26 bits per heavy atom. The summed E-state index contributed by atoms with van der Waals surface area (Å²) in [6, 6.07) is 16.4. The van der Waals surface area contributed by atoms with Crippen LogP contribution in [0, 0.1) is 0 Å². The van der Waals surface area contributed by atoms with Gasteiger partial charge in [-0.05, 0) is 10.8 Å². The van der Waals surface area contributed by atoms with Crippen molar-refractivity contribution in [1.29, 1.82) is 0 Å². The largest absolute Gasteiger partial charge is 1.00 e. The smallest absolute Gasteiger partial charge is 0.357 e. The average Bonchev–Trinajstić information content (AvgIpc) is 3.72. The van der Waals surface area contributed by atoms with Gasteiger partial charge in [-0.1, -0.05) is 97.1 Å². The number of allylic oxidation sites excluding steroid dienone is 8. The molecule has 0 saturated heterocycles. The van der Waals surface area contributed by atoms with Crippen LogP contribution >= 0.6 is 0 Å². The first-order valence-corrected chi connectivity index (χ1v) is 13.8. The second kappa shape index (κ2) is 9.41. The van der Waals surface area contributed by atoms with Crippen molar-refractivity contribution in [1.82, 2.24) is 39.5 Å². The van der Waals surface area contributed by atoms with Gasteiger partial charge in [-0.3, -0.25) is 0 Å². The molecule has 4 aliphatic rings. The van der Waals surface area contributed by atoms with Crippen LogP contribution in [0.2, 0.25) is 0 Å². The molecule has 3 aromatic heterocycles. The molecule has 0 saturated carbocycles. The molecule has 2 aromatic carbocycles. The summed E-state index contributed by atoms with van der Waals surface area (Å²) in [6.07, 6.45) is 16.8. The van der Waals surface area contributed by atoms with E-state index in [-0.39, 0.29) is 40.7 Å². The normalized spacial score (nSPS) is 21.8. The Labute approximate surface area is 251 Å². The van der Waals surface area contributed by atoms with Crippen LogP contribution in [0.15, 0.2) is 97.1 Å². The van der Waals surface area contributed by atoms with E-state index in [1.807, 2.05) is 43.4 Å². The molecule has 0 amide bonds. The van der Waals surface area contributed by atoms with E-state index in [1.165, 1.54) is 0 Å². The van der Waals surface area contributed by atoms with Crippen LogP contribution in [-0.2, 0) is 24.1 Å². The zero-order valence-corrected chi connectivity index (χ0v) is 23.4. The molecular weight excluding hydrogens is 572 g/mol. The van der Waals surface area contributed by atoms with E-state index >= 15 is 0 Å². The molecule has 5 heterocycles. The molecule has 2 aliphatic heterocycles. The Morgan fingerprint density at radius 2 is 0.857 bits per heavy atom. The summed E-state index contributed by atoms with van der Waals surface area (Å²) in [5, 5.41) is 3.93. The van der Waals surface area contributed by atoms with Crippen molar-refractivity contribution in [3.63, 3.8) is 0 Å². The van der Waals surface area contributed by atoms with Crippen LogP contribution in [0.5, 0.6) is 0 Å². The molecule has 9 heteroatoms. The summed E-state index contributed by atoms with van der Waals surface area (Å²) in [5.74, 6) is 2.81. The molecule has 0 spiro atoms. The maximum Gasteiger partial charge on any atom is 1.00 e.